The lowest BCUT2D eigenvalue weighted by molar-refractivity contribution is 0.252. The standard InChI is InChI=1S/C11H19N3/c1-9-4-2-3-5-10(9)14-7-6-13-11(14)8-12/h6-7,9-10H,2-5,8,12H2,1H3. The Morgan fingerprint density at radius 3 is 3.00 bits per heavy atom. The maximum Gasteiger partial charge on any atom is 0.122 e. The van der Waals surface area contributed by atoms with Gasteiger partial charge in [0.25, 0.3) is 0 Å². The van der Waals surface area contributed by atoms with Crippen LogP contribution in [0.3, 0.4) is 0 Å². The zero-order valence-corrected chi connectivity index (χ0v) is 8.82. The minimum Gasteiger partial charge on any atom is -0.331 e. The van der Waals surface area contributed by atoms with Crippen LogP contribution in [0, 0.1) is 5.92 Å². The van der Waals surface area contributed by atoms with E-state index in [2.05, 4.69) is 22.7 Å². The lowest BCUT2D eigenvalue weighted by Crippen LogP contribution is -2.23. The summed E-state index contributed by atoms with van der Waals surface area (Å²) in [6.07, 6.45) is 9.29. The largest absolute Gasteiger partial charge is 0.331 e. The molecule has 2 unspecified atom stereocenters. The molecule has 2 rings (SSSR count). The Morgan fingerprint density at radius 2 is 2.29 bits per heavy atom. The summed E-state index contributed by atoms with van der Waals surface area (Å²) in [7, 11) is 0. The summed E-state index contributed by atoms with van der Waals surface area (Å²) in [5.41, 5.74) is 5.66. The number of nitrogens with zero attached hydrogens (tertiary/aromatic N) is 2. The molecule has 0 aromatic carbocycles. The first kappa shape index (κ1) is 9.71. The van der Waals surface area contributed by atoms with Gasteiger partial charge in [-0.3, -0.25) is 0 Å². The molecule has 1 aliphatic rings. The maximum atomic E-state index is 5.66. The monoisotopic (exact) mass is 193 g/mol. The molecule has 1 aromatic rings. The van der Waals surface area contributed by atoms with Gasteiger partial charge in [0, 0.05) is 18.4 Å². The molecule has 1 aliphatic carbocycles. The van der Waals surface area contributed by atoms with E-state index in [0.717, 1.165) is 11.7 Å². The minimum absolute atomic E-state index is 0.552. The fourth-order valence-electron chi connectivity index (χ4n) is 2.51. The molecule has 1 fully saturated rings. The van der Waals surface area contributed by atoms with Gasteiger partial charge in [-0.1, -0.05) is 19.8 Å². The van der Waals surface area contributed by atoms with E-state index in [1.165, 1.54) is 25.7 Å². The quantitative estimate of drug-likeness (QED) is 0.781. The van der Waals surface area contributed by atoms with Crippen molar-refractivity contribution < 1.29 is 0 Å². The molecule has 14 heavy (non-hydrogen) atoms. The zero-order chi connectivity index (χ0) is 9.97. The number of rotatable bonds is 2. The molecule has 2 atom stereocenters. The van der Waals surface area contributed by atoms with E-state index in [9.17, 15) is 0 Å². The maximum absolute atomic E-state index is 5.66. The molecule has 3 heteroatoms. The van der Waals surface area contributed by atoms with Gasteiger partial charge in [-0.25, -0.2) is 4.98 Å². The molecule has 1 saturated carbocycles. The molecule has 0 bridgehead atoms. The van der Waals surface area contributed by atoms with Crippen molar-refractivity contribution in [2.24, 2.45) is 11.7 Å². The average Bonchev–Trinajstić information content (AvgIpc) is 2.66. The first-order chi connectivity index (χ1) is 6.83. The van der Waals surface area contributed by atoms with Crippen molar-refractivity contribution in [1.29, 1.82) is 0 Å². The van der Waals surface area contributed by atoms with Crippen LogP contribution >= 0.6 is 0 Å². The van der Waals surface area contributed by atoms with Crippen molar-refractivity contribution >= 4 is 0 Å². The molecule has 1 heterocycles. The van der Waals surface area contributed by atoms with Gasteiger partial charge in [0.05, 0.1) is 6.54 Å². The highest BCUT2D eigenvalue weighted by atomic mass is 15.1. The van der Waals surface area contributed by atoms with E-state index < -0.39 is 0 Å². The molecule has 0 spiro atoms. The van der Waals surface area contributed by atoms with Crippen LogP contribution in [0.15, 0.2) is 12.4 Å². The van der Waals surface area contributed by atoms with Gasteiger partial charge in [-0.05, 0) is 18.8 Å². The SMILES string of the molecule is CC1CCCCC1n1ccnc1CN. The van der Waals surface area contributed by atoms with Crippen molar-refractivity contribution in [3.8, 4) is 0 Å². The van der Waals surface area contributed by atoms with Crippen LogP contribution in [0.4, 0.5) is 0 Å². The summed E-state index contributed by atoms with van der Waals surface area (Å²) in [5, 5.41) is 0. The topological polar surface area (TPSA) is 43.8 Å². The Morgan fingerprint density at radius 1 is 1.50 bits per heavy atom. The Labute approximate surface area is 85.3 Å². The van der Waals surface area contributed by atoms with Crippen molar-refractivity contribution in [1.82, 2.24) is 9.55 Å². The van der Waals surface area contributed by atoms with Crippen molar-refractivity contribution in [3.05, 3.63) is 18.2 Å². The van der Waals surface area contributed by atoms with Gasteiger partial charge in [0.15, 0.2) is 0 Å². The smallest absolute Gasteiger partial charge is 0.122 e. The number of imidazole rings is 1. The third-order valence-corrected chi connectivity index (χ3v) is 3.35. The molecule has 78 valence electrons. The second-order valence-corrected chi connectivity index (χ2v) is 4.28. The van der Waals surface area contributed by atoms with Crippen LogP contribution < -0.4 is 5.73 Å². The molecule has 0 saturated heterocycles. The molecule has 1 aromatic heterocycles. The number of aromatic nitrogens is 2. The molecular formula is C11H19N3. The highest BCUT2D eigenvalue weighted by Crippen LogP contribution is 2.33. The second kappa shape index (κ2) is 4.13. The minimum atomic E-state index is 0.552. The van der Waals surface area contributed by atoms with Crippen LogP contribution in [0.25, 0.3) is 0 Å². The predicted molar refractivity (Wildman–Crippen MR) is 56.8 cm³/mol. The normalized spacial score (nSPS) is 27.9. The second-order valence-electron chi connectivity index (χ2n) is 4.28. The summed E-state index contributed by atoms with van der Waals surface area (Å²) in [5.74, 6) is 1.80. The Balaban J connectivity index is 2.20. The van der Waals surface area contributed by atoms with Crippen molar-refractivity contribution in [2.75, 3.05) is 0 Å². The third kappa shape index (κ3) is 1.69. The summed E-state index contributed by atoms with van der Waals surface area (Å²) in [6.45, 7) is 2.89. The number of nitrogens with two attached hydrogens (primary N) is 1. The van der Waals surface area contributed by atoms with Gasteiger partial charge in [-0.15, -0.1) is 0 Å². The van der Waals surface area contributed by atoms with Crippen LogP contribution in [-0.4, -0.2) is 9.55 Å². The van der Waals surface area contributed by atoms with Gasteiger partial charge in [-0.2, -0.15) is 0 Å². The van der Waals surface area contributed by atoms with E-state index in [1.54, 1.807) is 0 Å². The number of hydrogen-bond acceptors (Lipinski definition) is 2. The van der Waals surface area contributed by atoms with E-state index in [-0.39, 0.29) is 0 Å². The third-order valence-electron chi connectivity index (χ3n) is 3.35. The van der Waals surface area contributed by atoms with Gasteiger partial charge < -0.3 is 10.3 Å². The van der Waals surface area contributed by atoms with Crippen molar-refractivity contribution in [3.63, 3.8) is 0 Å². The Hall–Kier alpha value is -0.830. The van der Waals surface area contributed by atoms with E-state index in [4.69, 9.17) is 5.73 Å². The van der Waals surface area contributed by atoms with Crippen molar-refractivity contribution in [2.45, 2.75) is 45.2 Å². The molecular weight excluding hydrogens is 174 g/mol. The highest BCUT2D eigenvalue weighted by Gasteiger charge is 2.23. The first-order valence-corrected chi connectivity index (χ1v) is 5.54. The fourth-order valence-corrected chi connectivity index (χ4v) is 2.51. The lowest BCUT2D eigenvalue weighted by Gasteiger charge is -2.30. The molecule has 0 radical (unpaired) electrons. The lowest BCUT2D eigenvalue weighted by atomic mass is 9.86. The summed E-state index contributed by atoms with van der Waals surface area (Å²) < 4.78 is 2.28. The average molecular weight is 193 g/mol. The summed E-state index contributed by atoms with van der Waals surface area (Å²) in [6, 6.07) is 0.629. The molecule has 0 aliphatic heterocycles. The Kier molecular flexibility index (Phi) is 2.87. The molecule has 3 nitrogen and oxygen atoms in total. The summed E-state index contributed by atoms with van der Waals surface area (Å²) >= 11 is 0. The van der Waals surface area contributed by atoms with Crippen LogP contribution in [0.1, 0.15) is 44.5 Å². The Bertz CT molecular complexity index is 292. The fraction of sp³-hybridized carbons (Fsp3) is 0.727. The zero-order valence-electron chi connectivity index (χ0n) is 8.82. The van der Waals surface area contributed by atoms with Crippen LogP contribution in [0.5, 0.6) is 0 Å². The number of hydrogen-bond donors (Lipinski definition) is 1. The van der Waals surface area contributed by atoms with Crippen LogP contribution in [0.2, 0.25) is 0 Å². The van der Waals surface area contributed by atoms with E-state index >= 15 is 0 Å². The predicted octanol–water partition coefficient (Wildman–Crippen LogP) is 2.09. The molecule has 2 N–H and O–H groups in total. The van der Waals surface area contributed by atoms with E-state index in [0.29, 0.717) is 12.6 Å². The van der Waals surface area contributed by atoms with Gasteiger partial charge in [0.1, 0.15) is 5.82 Å². The van der Waals surface area contributed by atoms with Gasteiger partial charge >= 0.3 is 0 Å². The van der Waals surface area contributed by atoms with Gasteiger partial charge in [0.2, 0.25) is 0 Å². The van der Waals surface area contributed by atoms with E-state index in [1.807, 2.05) is 6.20 Å². The molecule has 0 amide bonds. The highest BCUT2D eigenvalue weighted by molar-refractivity contribution is 4.96. The first-order valence-electron chi connectivity index (χ1n) is 5.54. The summed E-state index contributed by atoms with van der Waals surface area (Å²) in [4.78, 5) is 4.28. The van der Waals surface area contributed by atoms with Crippen LogP contribution in [-0.2, 0) is 6.54 Å².